The Hall–Kier alpha value is -0.940. The molecule has 1 N–H and O–H groups in total. The number of ether oxygens (including phenoxy) is 1. The summed E-state index contributed by atoms with van der Waals surface area (Å²) in [7, 11) is 1.57. The Labute approximate surface area is 101 Å². The molecule has 3 heterocycles. The van der Waals surface area contributed by atoms with Crippen molar-refractivity contribution < 1.29 is 19.4 Å². The van der Waals surface area contributed by atoms with Gasteiger partial charge in [-0.05, 0) is 32.4 Å². The van der Waals surface area contributed by atoms with Crippen LogP contribution in [0.3, 0.4) is 0 Å². The summed E-state index contributed by atoms with van der Waals surface area (Å²) in [4.78, 5) is 25.3. The molecule has 3 aliphatic rings. The molecule has 0 radical (unpaired) electrons. The lowest BCUT2D eigenvalue weighted by Gasteiger charge is -2.52. The van der Waals surface area contributed by atoms with Crippen molar-refractivity contribution in [1.29, 1.82) is 0 Å². The summed E-state index contributed by atoms with van der Waals surface area (Å²) in [5, 5.41) is 8.81. The lowest BCUT2D eigenvalue weighted by atomic mass is 9.71. The van der Waals surface area contributed by atoms with Crippen molar-refractivity contribution in [2.75, 3.05) is 26.8 Å². The first-order valence-electron chi connectivity index (χ1n) is 6.10. The molecule has 1 unspecified atom stereocenters. The first kappa shape index (κ1) is 12.5. The maximum Gasteiger partial charge on any atom is 0.303 e. The first-order valence-corrected chi connectivity index (χ1v) is 6.10. The molecule has 3 aliphatic heterocycles. The van der Waals surface area contributed by atoms with E-state index in [0.29, 0.717) is 13.0 Å². The van der Waals surface area contributed by atoms with E-state index in [0.717, 1.165) is 25.9 Å². The zero-order valence-corrected chi connectivity index (χ0v) is 10.1. The van der Waals surface area contributed by atoms with Gasteiger partial charge in [0.2, 0.25) is 0 Å². The van der Waals surface area contributed by atoms with Crippen LogP contribution >= 0.6 is 0 Å². The normalized spacial score (nSPS) is 36.2. The molecule has 0 aromatic heterocycles. The zero-order chi connectivity index (χ0) is 12.5. The van der Waals surface area contributed by atoms with Crippen LogP contribution in [0.25, 0.3) is 0 Å². The molecule has 0 spiro atoms. The molecule has 3 fully saturated rings. The number of Topliss-reactive ketones (excluding diaryl/α,β-unsaturated/α-hetero) is 1. The fourth-order valence-electron chi connectivity index (χ4n) is 3.17. The first-order chi connectivity index (χ1) is 8.10. The number of piperidine rings is 3. The highest BCUT2D eigenvalue weighted by Gasteiger charge is 2.52. The van der Waals surface area contributed by atoms with Gasteiger partial charge in [0.25, 0.3) is 0 Å². The van der Waals surface area contributed by atoms with Crippen molar-refractivity contribution >= 4 is 11.8 Å². The van der Waals surface area contributed by atoms with Gasteiger partial charge in [-0.1, -0.05) is 0 Å². The second kappa shape index (κ2) is 4.74. The van der Waals surface area contributed by atoms with Crippen LogP contribution in [0.15, 0.2) is 0 Å². The number of fused-ring (bicyclic) bond motifs is 3. The smallest absolute Gasteiger partial charge is 0.303 e. The monoisotopic (exact) mass is 241 g/mol. The number of hydrogen-bond acceptors (Lipinski definition) is 4. The van der Waals surface area contributed by atoms with Crippen molar-refractivity contribution in [3.63, 3.8) is 0 Å². The predicted molar refractivity (Wildman–Crippen MR) is 60.8 cm³/mol. The van der Waals surface area contributed by atoms with Crippen molar-refractivity contribution in [1.82, 2.24) is 4.90 Å². The van der Waals surface area contributed by atoms with Crippen molar-refractivity contribution in [2.45, 2.75) is 31.2 Å². The molecule has 3 saturated heterocycles. The number of nitrogens with zero attached hydrogens (tertiary/aromatic N) is 1. The number of ketones is 1. The van der Waals surface area contributed by atoms with E-state index in [9.17, 15) is 9.59 Å². The zero-order valence-electron chi connectivity index (χ0n) is 10.1. The molecule has 0 aliphatic carbocycles. The summed E-state index contributed by atoms with van der Waals surface area (Å²) in [6.07, 6.45) is 2.22. The SMILES string of the molecule is COCC1(CCC(=O)O)C(=O)C2CCN1CC2. The number of carboxylic acids is 1. The van der Waals surface area contributed by atoms with E-state index in [-0.39, 0.29) is 18.1 Å². The van der Waals surface area contributed by atoms with Gasteiger partial charge in [0.05, 0.1) is 6.61 Å². The summed E-state index contributed by atoms with van der Waals surface area (Å²) < 4.78 is 5.18. The minimum absolute atomic E-state index is 0.0261. The summed E-state index contributed by atoms with van der Waals surface area (Å²) in [6, 6.07) is 0. The summed E-state index contributed by atoms with van der Waals surface area (Å²) in [6.45, 7) is 2.09. The van der Waals surface area contributed by atoms with Crippen LogP contribution in [-0.2, 0) is 14.3 Å². The van der Waals surface area contributed by atoms with Crippen molar-refractivity contribution in [3.8, 4) is 0 Å². The summed E-state index contributed by atoms with van der Waals surface area (Å²) in [5.74, 6) is -0.544. The van der Waals surface area contributed by atoms with Gasteiger partial charge in [-0.15, -0.1) is 0 Å². The van der Waals surface area contributed by atoms with E-state index >= 15 is 0 Å². The lowest BCUT2D eigenvalue weighted by molar-refractivity contribution is -0.155. The summed E-state index contributed by atoms with van der Waals surface area (Å²) in [5.41, 5.74) is -0.672. The van der Waals surface area contributed by atoms with Gasteiger partial charge in [0.15, 0.2) is 5.78 Å². The number of carboxylic acid groups (broad SMARTS) is 1. The topological polar surface area (TPSA) is 66.8 Å². The Morgan fingerprint density at radius 2 is 2.18 bits per heavy atom. The third kappa shape index (κ3) is 2.09. The van der Waals surface area contributed by atoms with Gasteiger partial charge in [0, 0.05) is 19.4 Å². The minimum Gasteiger partial charge on any atom is -0.481 e. The second-order valence-electron chi connectivity index (χ2n) is 4.98. The van der Waals surface area contributed by atoms with E-state index in [2.05, 4.69) is 4.90 Å². The number of aliphatic carboxylic acids is 1. The van der Waals surface area contributed by atoms with Crippen LogP contribution < -0.4 is 0 Å². The predicted octanol–water partition coefficient (Wildman–Crippen LogP) is 0.531. The quantitative estimate of drug-likeness (QED) is 0.760. The minimum atomic E-state index is -0.851. The number of hydrogen-bond donors (Lipinski definition) is 1. The molecule has 17 heavy (non-hydrogen) atoms. The fourth-order valence-corrected chi connectivity index (χ4v) is 3.17. The second-order valence-corrected chi connectivity index (χ2v) is 4.98. The standard InChI is InChI=1S/C12H19NO4/c1-17-8-12(5-2-10(14)15)11(16)9-3-6-13(12)7-4-9/h9H,2-8H2,1H3,(H,14,15). The Morgan fingerprint density at radius 1 is 1.53 bits per heavy atom. The molecule has 0 amide bonds. The Kier molecular flexibility index (Phi) is 3.49. The third-order valence-corrected chi connectivity index (χ3v) is 4.07. The number of rotatable bonds is 5. The maximum absolute atomic E-state index is 12.4. The van der Waals surface area contributed by atoms with Crippen LogP contribution in [0.2, 0.25) is 0 Å². The molecule has 0 aromatic carbocycles. The Morgan fingerprint density at radius 3 is 2.65 bits per heavy atom. The van der Waals surface area contributed by atoms with Gasteiger partial charge in [-0.2, -0.15) is 0 Å². The highest BCUT2D eigenvalue weighted by Crippen LogP contribution is 2.39. The summed E-state index contributed by atoms with van der Waals surface area (Å²) >= 11 is 0. The van der Waals surface area contributed by atoms with E-state index in [1.54, 1.807) is 7.11 Å². The van der Waals surface area contributed by atoms with Gasteiger partial charge in [-0.25, -0.2) is 0 Å². The van der Waals surface area contributed by atoms with Crippen LogP contribution in [-0.4, -0.2) is 54.1 Å². The molecule has 0 aromatic rings. The Balaban J connectivity index is 2.19. The fraction of sp³-hybridized carbons (Fsp3) is 0.833. The van der Waals surface area contributed by atoms with Crippen molar-refractivity contribution in [3.05, 3.63) is 0 Å². The molecular formula is C12H19NO4. The molecule has 2 bridgehead atoms. The molecule has 5 nitrogen and oxygen atoms in total. The van der Waals surface area contributed by atoms with E-state index < -0.39 is 11.5 Å². The molecule has 1 atom stereocenters. The highest BCUT2D eigenvalue weighted by atomic mass is 16.5. The molecule has 5 heteroatoms. The average molecular weight is 241 g/mol. The van der Waals surface area contributed by atoms with Crippen molar-refractivity contribution in [2.24, 2.45) is 5.92 Å². The molecule has 0 saturated carbocycles. The van der Waals surface area contributed by atoms with Crippen LogP contribution in [0.4, 0.5) is 0 Å². The maximum atomic E-state index is 12.4. The van der Waals surface area contributed by atoms with E-state index in [4.69, 9.17) is 9.84 Å². The largest absolute Gasteiger partial charge is 0.481 e. The highest BCUT2D eigenvalue weighted by molar-refractivity contribution is 5.92. The van der Waals surface area contributed by atoms with Gasteiger partial charge >= 0.3 is 5.97 Å². The van der Waals surface area contributed by atoms with E-state index in [1.807, 2.05) is 0 Å². The van der Waals surface area contributed by atoms with Gasteiger partial charge < -0.3 is 9.84 Å². The molecular weight excluding hydrogens is 222 g/mol. The van der Waals surface area contributed by atoms with Gasteiger partial charge in [0.1, 0.15) is 5.54 Å². The van der Waals surface area contributed by atoms with Crippen LogP contribution in [0.5, 0.6) is 0 Å². The van der Waals surface area contributed by atoms with Gasteiger partial charge in [-0.3, -0.25) is 14.5 Å². The third-order valence-electron chi connectivity index (χ3n) is 4.07. The Bertz CT molecular complexity index is 322. The van der Waals surface area contributed by atoms with Crippen LogP contribution in [0.1, 0.15) is 25.7 Å². The number of methoxy groups -OCH3 is 1. The number of carbonyl (C=O) groups excluding carboxylic acids is 1. The lowest BCUT2D eigenvalue weighted by Crippen LogP contribution is -2.67. The van der Waals surface area contributed by atoms with E-state index in [1.165, 1.54) is 0 Å². The molecule has 96 valence electrons. The average Bonchev–Trinajstić information content (AvgIpc) is 2.33. The van der Waals surface area contributed by atoms with Crippen LogP contribution in [0, 0.1) is 5.92 Å². The number of carbonyl (C=O) groups is 2. The molecule has 3 rings (SSSR count).